The van der Waals surface area contributed by atoms with Gasteiger partial charge >= 0.3 is 0 Å². The van der Waals surface area contributed by atoms with Gasteiger partial charge in [0.25, 0.3) is 0 Å². The third kappa shape index (κ3) is 4.37. The Bertz CT molecular complexity index is 291. The lowest BCUT2D eigenvalue weighted by atomic mass is 10.1. The molecule has 1 nitrogen and oxygen atoms in total. The molecule has 1 aromatic carbocycles. The van der Waals surface area contributed by atoms with Gasteiger partial charge in [-0.25, -0.2) is 0 Å². The highest BCUT2D eigenvalue weighted by Crippen LogP contribution is 2.16. The molecule has 15 heavy (non-hydrogen) atoms. The van der Waals surface area contributed by atoms with Crippen LogP contribution in [0.25, 0.3) is 0 Å². The van der Waals surface area contributed by atoms with Gasteiger partial charge < -0.3 is 5.32 Å². The highest BCUT2D eigenvalue weighted by atomic mass is 14.9. The molecule has 1 aromatic rings. The molecule has 1 heteroatoms. The van der Waals surface area contributed by atoms with E-state index < -0.39 is 0 Å². The van der Waals surface area contributed by atoms with Gasteiger partial charge in [0.1, 0.15) is 0 Å². The summed E-state index contributed by atoms with van der Waals surface area (Å²) in [7, 11) is 0. The summed E-state index contributed by atoms with van der Waals surface area (Å²) in [5.74, 6) is 0. The van der Waals surface area contributed by atoms with Crippen molar-refractivity contribution in [3.63, 3.8) is 0 Å². The summed E-state index contributed by atoms with van der Waals surface area (Å²) in [6.07, 6.45) is 5.29. The minimum atomic E-state index is 1.10. The van der Waals surface area contributed by atoms with Crippen LogP contribution in [0.3, 0.4) is 0 Å². The van der Waals surface area contributed by atoms with Gasteiger partial charge in [0.15, 0.2) is 0 Å². The van der Waals surface area contributed by atoms with Gasteiger partial charge in [-0.05, 0) is 31.9 Å². The van der Waals surface area contributed by atoms with Crippen molar-refractivity contribution in [2.75, 3.05) is 11.9 Å². The lowest BCUT2D eigenvalue weighted by Gasteiger charge is -2.09. The van der Waals surface area contributed by atoms with Crippen LogP contribution in [-0.2, 0) is 0 Å². The number of aryl methyl sites for hydroxylation is 2. The van der Waals surface area contributed by atoms with Gasteiger partial charge in [-0.3, -0.25) is 0 Å². The summed E-state index contributed by atoms with van der Waals surface area (Å²) >= 11 is 0. The fraction of sp³-hybridized carbons (Fsp3) is 0.571. The smallest absolute Gasteiger partial charge is 0.0370 e. The third-order valence-corrected chi connectivity index (χ3v) is 2.73. The maximum atomic E-state index is 3.50. The van der Waals surface area contributed by atoms with Crippen molar-refractivity contribution in [1.82, 2.24) is 0 Å². The molecule has 0 aliphatic heterocycles. The molecule has 0 bridgehead atoms. The predicted molar refractivity (Wildman–Crippen MR) is 68.5 cm³/mol. The Hall–Kier alpha value is -0.980. The Morgan fingerprint density at radius 3 is 2.53 bits per heavy atom. The van der Waals surface area contributed by atoms with E-state index in [0.29, 0.717) is 0 Å². The standard InChI is InChI=1S/C14H23N/c1-4-5-6-7-10-15-14-9-8-12(2)11-13(14)3/h8-9,11,15H,4-7,10H2,1-3H3. The lowest BCUT2D eigenvalue weighted by molar-refractivity contribution is 0.685. The first-order chi connectivity index (χ1) is 7.24. The van der Waals surface area contributed by atoms with Crippen molar-refractivity contribution >= 4 is 5.69 Å². The number of anilines is 1. The number of unbranched alkanes of at least 4 members (excludes halogenated alkanes) is 3. The Balaban J connectivity index is 2.31. The molecule has 0 saturated heterocycles. The van der Waals surface area contributed by atoms with Crippen LogP contribution < -0.4 is 5.32 Å². The molecule has 0 fully saturated rings. The Morgan fingerprint density at radius 2 is 1.87 bits per heavy atom. The van der Waals surface area contributed by atoms with Gasteiger partial charge in [-0.15, -0.1) is 0 Å². The van der Waals surface area contributed by atoms with Gasteiger partial charge in [0, 0.05) is 12.2 Å². The first kappa shape index (κ1) is 12.1. The highest BCUT2D eigenvalue weighted by Gasteiger charge is 1.96. The molecule has 0 spiro atoms. The average molecular weight is 205 g/mol. The van der Waals surface area contributed by atoms with Crippen LogP contribution >= 0.6 is 0 Å². The van der Waals surface area contributed by atoms with E-state index in [-0.39, 0.29) is 0 Å². The number of benzene rings is 1. The highest BCUT2D eigenvalue weighted by molar-refractivity contribution is 5.51. The monoisotopic (exact) mass is 205 g/mol. The second-order valence-electron chi connectivity index (χ2n) is 4.31. The van der Waals surface area contributed by atoms with Crippen molar-refractivity contribution in [2.24, 2.45) is 0 Å². The van der Waals surface area contributed by atoms with Crippen LogP contribution in [0.5, 0.6) is 0 Å². The molecule has 84 valence electrons. The molecular formula is C14H23N. The number of nitrogens with one attached hydrogen (secondary N) is 1. The maximum absolute atomic E-state index is 3.50. The first-order valence-corrected chi connectivity index (χ1v) is 6.05. The predicted octanol–water partition coefficient (Wildman–Crippen LogP) is 4.30. The molecular weight excluding hydrogens is 182 g/mol. The first-order valence-electron chi connectivity index (χ1n) is 6.05. The second-order valence-corrected chi connectivity index (χ2v) is 4.31. The third-order valence-electron chi connectivity index (χ3n) is 2.73. The molecule has 0 amide bonds. The van der Waals surface area contributed by atoms with Gasteiger partial charge in [-0.1, -0.05) is 43.9 Å². The van der Waals surface area contributed by atoms with E-state index in [1.54, 1.807) is 0 Å². The average Bonchev–Trinajstić information content (AvgIpc) is 2.20. The van der Waals surface area contributed by atoms with Crippen LogP contribution in [0.2, 0.25) is 0 Å². The van der Waals surface area contributed by atoms with Crippen molar-refractivity contribution in [3.05, 3.63) is 29.3 Å². The SMILES string of the molecule is CCCCCCNc1ccc(C)cc1C. The normalized spacial score (nSPS) is 10.3. The van der Waals surface area contributed by atoms with E-state index in [1.165, 1.54) is 42.5 Å². The van der Waals surface area contributed by atoms with E-state index in [1.807, 2.05) is 0 Å². The Kier molecular flexibility index (Phi) is 5.23. The summed E-state index contributed by atoms with van der Waals surface area (Å²) in [4.78, 5) is 0. The van der Waals surface area contributed by atoms with E-state index in [0.717, 1.165) is 6.54 Å². The number of hydrogen-bond donors (Lipinski definition) is 1. The van der Waals surface area contributed by atoms with Gasteiger partial charge in [-0.2, -0.15) is 0 Å². The lowest BCUT2D eigenvalue weighted by Crippen LogP contribution is -2.02. The summed E-state index contributed by atoms with van der Waals surface area (Å²) in [5, 5.41) is 3.50. The van der Waals surface area contributed by atoms with Crippen LogP contribution in [0.4, 0.5) is 5.69 Å². The van der Waals surface area contributed by atoms with Crippen molar-refractivity contribution in [1.29, 1.82) is 0 Å². The Morgan fingerprint density at radius 1 is 1.07 bits per heavy atom. The fourth-order valence-corrected chi connectivity index (χ4v) is 1.79. The van der Waals surface area contributed by atoms with Crippen LogP contribution in [-0.4, -0.2) is 6.54 Å². The molecule has 0 aliphatic rings. The van der Waals surface area contributed by atoms with E-state index in [4.69, 9.17) is 0 Å². The van der Waals surface area contributed by atoms with Crippen molar-refractivity contribution in [3.8, 4) is 0 Å². The van der Waals surface area contributed by atoms with Crippen molar-refractivity contribution in [2.45, 2.75) is 46.5 Å². The molecule has 0 unspecified atom stereocenters. The number of rotatable bonds is 6. The van der Waals surface area contributed by atoms with E-state index in [9.17, 15) is 0 Å². The maximum Gasteiger partial charge on any atom is 0.0370 e. The summed E-state index contributed by atoms with van der Waals surface area (Å²) < 4.78 is 0. The molecule has 0 heterocycles. The molecule has 0 radical (unpaired) electrons. The minimum Gasteiger partial charge on any atom is -0.385 e. The molecule has 0 aliphatic carbocycles. The van der Waals surface area contributed by atoms with Crippen LogP contribution in [0.1, 0.15) is 43.7 Å². The summed E-state index contributed by atoms with van der Waals surface area (Å²) in [6.45, 7) is 7.65. The second kappa shape index (κ2) is 6.49. The largest absolute Gasteiger partial charge is 0.385 e. The van der Waals surface area contributed by atoms with E-state index in [2.05, 4.69) is 44.3 Å². The zero-order valence-electron chi connectivity index (χ0n) is 10.3. The topological polar surface area (TPSA) is 12.0 Å². The van der Waals surface area contributed by atoms with Crippen LogP contribution in [0.15, 0.2) is 18.2 Å². The Labute approximate surface area is 93.9 Å². The molecule has 0 atom stereocenters. The fourth-order valence-electron chi connectivity index (χ4n) is 1.79. The summed E-state index contributed by atoms with van der Waals surface area (Å²) in [6, 6.07) is 6.58. The van der Waals surface area contributed by atoms with E-state index >= 15 is 0 Å². The van der Waals surface area contributed by atoms with Crippen molar-refractivity contribution < 1.29 is 0 Å². The van der Waals surface area contributed by atoms with Gasteiger partial charge in [0.05, 0.1) is 0 Å². The van der Waals surface area contributed by atoms with Crippen LogP contribution in [0, 0.1) is 13.8 Å². The van der Waals surface area contributed by atoms with Gasteiger partial charge in [0.2, 0.25) is 0 Å². The molecule has 1 rings (SSSR count). The summed E-state index contributed by atoms with van der Waals surface area (Å²) in [5.41, 5.74) is 3.98. The zero-order chi connectivity index (χ0) is 11.1. The zero-order valence-corrected chi connectivity index (χ0v) is 10.3. The molecule has 0 aromatic heterocycles. The number of hydrogen-bond acceptors (Lipinski definition) is 1. The molecule has 1 N–H and O–H groups in total. The quantitative estimate of drug-likeness (QED) is 0.683. The molecule has 0 saturated carbocycles. The minimum absolute atomic E-state index is 1.10.